The molecule has 2 unspecified atom stereocenters. The molecule has 0 heterocycles. The fraction of sp³-hybridized carbons (Fsp3) is 0.333. The van der Waals surface area contributed by atoms with Gasteiger partial charge in [0, 0.05) is 4.57 Å². The van der Waals surface area contributed by atoms with E-state index in [1.807, 2.05) is 0 Å². The quantitative estimate of drug-likeness (QED) is 0.276. The molecular formula is C3H6O3PS+. The lowest BCUT2D eigenvalue weighted by Crippen LogP contribution is -1.91. The summed E-state index contributed by atoms with van der Waals surface area (Å²) in [5.74, 6) is 0. The molecule has 0 aliphatic heterocycles. The Kier molecular flexibility index (Phi) is 4.09. The third kappa shape index (κ3) is 4.27. The Morgan fingerprint density at radius 2 is 2.50 bits per heavy atom. The Hall–Kier alpha value is 0.110. The summed E-state index contributed by atoms with van der Waals surface area (Å²) in [6, 6.07) is 0. The van der Waals surface area contributed by atoms with Gasteiger partial charge in [0.1, 0.15) is 0 Å². The van der Waals surface area contributed by atoms with E-state index in [2.05, 4.69) is 23.7 Å². The maximum Gasteiger partial charge on any atom is 0.696 e. The van der Waals surface area contributed by atoms with Crippen LogP contribution >= 0.6 is 20.9 Å². The summed E-state index contributed by atoms with van der Waals surface area (Å²) in [5, 5.41) is 0. The molecule has 8 heavy (non-hydrogen) atoms. The molecule has 0 aromatic rings. The molecule has 0 fully saturated rings. The summed E-state index contributed by atoms with van der Waals surface area (Å²) >= 11 is 3.69. The molecule has 0 radical (unpaired) electrons. The standard InChI is InChI=1S/C3H5O3PS/c1-2-3(8)6-7(4)5/h2-3H,1H2,(H-,4,5,8)/p+1. The molecule has 2 atom stereocenters. The van der Waals surface area contributed by atoms with Crippen LogP contribution in [0.3, 0.4) is 0 Å². The van der Waals surface area contributed by atoms with E-state index in [1.165, 1.54) is 6.08 Å². The van der Waals surface area contributed by atoms with Crippen molar-refractivity contribution in [2.24, 2.45) is 0 Å². The highest BCUT2D eigenvalue weighted by Crippen LogP contribution is 2.19. The Bertz CT molecular complexity index is 105. The van der Waals surface area contributed by atoms with Gasteiger partial charge in [0.05, 0.1) is 0 Å². The average molecular weight is 153 g/mol. The lowest BCUT2D eigenvalue weighted by atomic mass is 10.7. The van der Waals surface area contributed by atoms with Crippen molar-refractivity contribution in [3.8, 4) is 0 Å². The van der Waals surface area contributed by atoms with Crippen molar-refractivity contribution in [1.29, 1.82) is 0 Å². The molecule has 0 aromatic carbocycles. The van der Waals surface area contributed by atoms with Gasteiger partial charge in [-0.25, -0.2) is 0 Å². The Morgan fingerprint density at radius 3 is 2.62 bits per heavy atom. The van der Waals surface area contributed by atoms with Crippen LogP contribution in [0.5, 0.6) is 0 Å². The first-order chi connectivity index (χ1) is 3.66. The van der Waals surface area contributed by atoms with Gasteiger partial charge >= 0.3 is 8.25 Å². The minimum absolute atomic E-state index is 0.649. The predicted octanol–water partition coefficient (Wildman–Crippen LogP) is 1.09. The van der Waals surface area contributed by atoms with E-state index in [1.54, 1.807) is 0 Å². The highest BCUT2D eigenvalue weighted by Gasteiger charge is 2.15. The maximum atomic E-state index is 9.80. The minimum Gasteiger partial charge on any atom is -0.139 e. The smallest absolute Gasteiger partial charge is 0.139 e. The highest BCUT2D eigenvalue weighted by molar-refractivity contribution is 7.81. The van der Waals surface area contributed by atoms with Crippen molar-refractivity contribution in [1.82, 2.24) is 0 Å². The molecular weight excluding hydrogens is 147 g/mol. The average Bonchev–Trinajstić information content (AvgIpc) is 1.65. The van der Waals surface area contributed by atoms with Gasteiger partial charge in [-0.05, 0) is 6.08 Å². The van der Waals surface area contributed by atoms with Gasteiger partial charge in [-0.1, -0.05) is 6.58 Å². The van der Waals surface area contributed by atoms with E-state index in [-0.39, 0.29) is 0 Å². The summed E-state index contributed by atoms with van der Waals surface area (Å²) in [6.45, 7) is 3.27. The molecule has 0 rings (SSSR count). The van der Waals surface area contributed by atoms with E-state index < -0.39 is 13.7 Å². The zero-order valence-corrected chi connectivity index (χ0v) is 5.81. The lowest BCUT2D eigenvalue weighted by Gasteiger charge is -1.88. The summed E-state index contributed by atoms with van der Waals surface area (Å²) in [6.07, 6.45) is 1.31. The first-order valence-electron chi connectivity index (χ1n) is 1.80. The van der Waals surface area contributed by atoms with E-state index in [4.69, 9.17) is 4.89 Å². The molecule has 0 aliphatic rings. The van der Waals surface area contributed by atoms with Gasteiger partial charge < -0.3 is 0 Å². The summed E-state index contributed by atoms with van der Waals surface area (Å²) < 4.78 is 14.0. The van der Waals surface area contributed by atoms with Crippen molar-refractivity contribution in [3.63, 3.8) is 0 Å². The minimum atomic E-state index is -2.54. The van der Waals surface area contributed by atoms with E-state index in [0.29, 0.717) is 0 Å². The fourth-order valence-corrected chi connectivity index (χ4v) is 0.648. The van der Waals surface area contributed by atoms with E-state index >= 15 is 0 Å². The second kappa shape index (κ2) is 4.04. The first-order valence-corrected chi connectivity index (χ1v) is 3.45. The molecule has 0 aromatic heterocycles. The molecule has 0 aliphatic carbocycles. The highest BCUT2D eigenvalue weighted by atomic mass is 32.1. The van der Waals surface area contributed by atoms with Crippen molar-refractivity contribution < 1.29 is 14.0 Å². The topological polar surface area (TPSA) is 46.5 Å². The summed E-state index contributed by atoms with van der Waals surface area (Å²) in [5.41, 5.74) is -0.649. The number of hydrogen-bond donors (Lipinski definition) is 2. The molecule has 0 saturated carbocycles. The largest absolute Gasteiger partial charge is 0.696 e. The first kappa shape index (κ1) is 8.11. The zero-order valence-electron chi connectivity index (χ0n) is 4.02. The number of rotatable bonds is 3. The third-order valence-electron chi connectivity index (χ3n) is 0.400. The van der Waals surface area contributed by atoms with Crippen molar-refractivity contribution in [2.45, 2.75) is 5.44 Å². The van der Waals surface area contributed by atoms with Crippen molar-refractivity contribution >= 4 is 20.9 Å². The van der Waals surface area contributed by atoms with Crippen LogP contribution in [-0.2, 0) is 9.09 Å². The SMILES string of the molecule is C=CC(S)O[P+](=O)O. The summed E-state index contributed by atoms with van der Waals surface area (Å²) in [7, 11) is -2.54. The van der Waals surface area contributed by atoms with Crippen molar-refractivity contribution in [2.75, 3.05) is 0 Å². The Labute approximate surface area is 53.7 Å². The van der Waals surface area contributed by atoms with Crippen LogP contribution < -0.4 is 0 Å². The monoisotopic (exact) mass is 153 g/mol. The van der Waals surface area contributed by atoms with Crippen LogP contribution in [0.15, 0.2) is 12.7 Å². The maximum absolute atomic E-state index is 9.80. The molecule has 46 valence electrons. The zero-order chi connectivity index (χ0) is 6.57. The fourth-order valence-electron chi connectivity index (χ4n) is 0.135. The number of hydrogen-bond acceptors (Lipinski definition) is 3. The second-order valence-electron chi connectivity index (χ2n) is 0.970. The van der Waals surface area contributed by atoms with E-state index in [9.17, 15) is 4.57 Å². The molecule has 0 saturated heterocycles. The molecule has 0 spiro atoms. The summed E-state index contributed by atoms with van der Waals surface area (Å²) in [4.78, 5) is 8.04. The van der Waals surface area contributed by atoms with Gasteiger partial charge in [0.15, 0.2) is 5.44 Å². The van der Waals surface area contributed by atoms with Crippen LogP contribution in [0, 0.1) is 0 Å². The molecule has 3 nitrogen and oxygen atoms in total. The normalized spacial score (nSPS) is 15.0. The van der Waals surface area contributed by atoms with Gasteiger partial charge in [0.2, 0.25) is 0 Å². The van der Waals surface area contributed by atoms with Crippen LogP contribution in [0.1, 0.15) is 0 Å². The Balaban J connectivity index is 3.38. The van der Waals surface area contributed by atoms with E-state index in [0.717, 1.165) is 0 Å². The van der Waals surface area contributed by atoms with Gasteiger partial charge in [-0.3, -0.25) is 0 Å². The number of thiol groups is 1. The van der Waals surface area contributed by atoms with Gasteiger partial charge in [0.25, 0.3) is 0 Å². The molecule has 5 heteroatoms. The second-order valence-corrected chi connectivity index (χ2v) is 2.16. The lowest BCUT2D eigenvalue weighted by molar-refractivity contribution is 0.293. The Morgan fingerprint density at radius 1 is 2.00 bits per heavy atom. The van der Waals surface area contributed by atoms with Crippen LogP contribution in [0.4, 0.5) is 0 Å². The van der Waals surface area contributed by atoms with Crippen LogP contribution in [0.2, 0.25) is 0 Å². The van der Waals surface area contributed by atoms with Gasteiger partial charge in [-0.2, -0.15) is 0 Å². The molecule has 0 bridgehead atoms. The molecule has 0 amide bonds. The van der Waals surface area contributed by atoms with Crippen LogP contribution in [0.25, 0.3) is 0 Å². The van der Waals surface area contributed by atoms with Crippen molar-refractivity contribution in [3.05, 3.63) is 12.7 Å². The molecule has 1 N–H and O–H groups in total. The third-order valence-corrected chi connectivity index (χ3v) is 1.29. The predicted molar refractivity (Wildman–Crippen MR) is 33.9 cm³/mol. The van der Waals surface area contributed by atoms with Gasteiger partial charge in [-0.15, -0.1) is 22.0 Å². The van der Waals surface area contributed by atoms with Crippen LogP contribution in [-0.4, -0.2) is 10.3 Å².